The highest BCUT2D eigenvalue weighted by atomic mass is 32.1. The molecule has 1 amide bonds. The summed E-state index contributed by atoms with van der Waals surface area (Å²) < 4.78 is 2.21. The van der Waals surface area contributed by atoms with Gasteiger partial charge in [-0.25, -0.2) is 9.78 Å². The molecule has 2 N–H and O–H groups in total. The number of aromatic nitrogens is 2. The smallest absolute Gasteiger partial charge is 0.336 e. The molecule has 192 valence electrons. The van der Waals surface area contributed by atoms with Crippen molar-refractivity contribution in [1.29, 1.82) is 0 Å². The van der Waals surface area contributed by atoms with E-state index in [-0.39, 0.29) is 16.7 Å². The Bertz CT molecular complexity index is 1430. The van der Waals surface area contributed by atoms with Crippen molar-refractivity contribution in [2.45, 2.75) is 58.2 Å². The van der Waals surface area contributed by atoms with Crippen LogP contribution in [0.1, 0.15) is 60.4 Å². The molecule has 1 aromatic heterocycles. The number of thiol groups is 1. The third-order valence-corrected chi connectivity index (χ3v) is 6.99. The highest BCUT2D eigenvalue weighted by molar-refractivity contribution is 7.81. The molecule has 0 aliphatic rings. The molecule has 0 saturated carbocycles. The number of rotatable bonds is 10. The first-order valence-electron chi connectivity index (χ1n) is 12.7. The highest BCUT2D eigenvalue weighted by Crippen LogP contribution is 2.28. The second-order valence-electron chi connectivity index (χ2n) is 9.37. The van der Waals surface area contributed by atoms with Crippen LogP contribution in [0.4, 0.5) is 5.69 Å². The van der Waals surface area contributed by atoms with E-state index in [0.717, 1.165) is 64.9 Å². The summed E-state index contributed by atoms with van der Waals surface area (Å²) in [7, 11) is 0. The molecule has 7 heteroatoms. The lowest BCUT2D eigenvalue weighted by atomic mass is 9.99. The maximum Gasteiger partial charge on any atom is 0.336 e. The fourth-order valence-electron chi connectivity index (χ4n) is 4.63. The molecule has 1 atom stereocenters. The van der Waals surface area contributed by atoms with Gasteiger partial charge in [0.2, 0.25) is 5.91 Å². The largest absolute Gasteiger partial charge is 0.478 e. The molecule has 0 aliphatic heterocycles. The van der Waals surface area contributed by atoms with Gasteiger partial charge in [0.05, 0.1) is 21.8 Å². The molecule has 0 spiro atoms. The SMILES string of the molecule is CCCc1nc2c(C)cc(NC(=O)[C@@H](S)CCC)cc2n1Cc1ccc(-c2ccccc2C(=O)O)cc1. The van der Waals surface area contributed by atoms with Crippen molar-refractivity contribution in [1.82, 2.24) is 9.55 Å². The van der Waals surface area contributed by atoms with Crippen LogP contribution in [-0.2, 0) is 17.8 Å². The van der Waals surface area contributed by atoms with Gasteiger partial charge in [-0.15, -0.1) is 0 Å². The van der Waals surface area contributed by atoms with Gasteiger partial charge in [-0.1, -0.05) is 62.7 Å². The summed E-state index contributed by atoms with van der Waals surface area (Å²) in [6.07, 6.45) is 3.43. The average Bonchev–Trinajstić information content (AvgIpc) is 3.22. The summed E-state index contributed by atoms with van der Waals surface area (Å²) in [6, 6.07) is 19.0. The number of hydrogen-bond acceptors (Lipinski definition) is 4. The van der Waals surface area contributed by atoms with Gasteiger partial charge in [0.25, 0.3) is 0 Å². The van der Waals surface area contributed by atoms with E-state index < -0.39 is 5.97 Å². The molecule has 4 rings (SSSR count). The number of anilines is 1. The maximum absolute atomic E-state index is 12.6. The summed E-state index contributed by atoms with van der Waals surface area (Å²) in [5.41, 5.74) is 6.59. The summed E-state index contributed by atoms with van der Waals surface area (Å²) >= 11 is 4.44. The minimum Gasteiger partial charge on any atom is -0.478 e. The van der Waals surface area contributed by atoms with Gasteiger partial charge >= 0.3 is 5.97 Å². The Hall–Kier alpha value is -3.58. The Kier molecular flexibility index (Phi) is 8.34. The molecule has 37 heavy (non-hydrogen) atoms. The van der Waals surface area contributed by atoms with Gasteiger partial charge in [0.15, 0.2) is 0 Å². The maximum atomic E-state index is 12.6. The second-order valence-corrected chi connectivity index (χ2v) is 9.99. The monoisotopic (exact) mass is 515 g/mol. The molecule has 0 fully saturated rings. The van der Waals surface area contributed by atoms with Crippen LogP contribution < -0.4 is 5.32 Å². The standard InChI is InChI=1S/C30H33N3O3S/c1-4-8-26(37)29(34)31-22-16-19(3)28-25(17-22)33(27(32-28)9-5-2)18-20-12-14-21(15-13-20)23-10-6-7-11-24(23)30(35)36/h6-7,10-17,26,37H,4-5,8-9,18H2,1-3H3,(H,31,34)(H,35,36)/t26-/m0/s1. The van der Waals surface area contributed by atoms with E-state index in [2.05, 4.69) is 29.4 Å². The Morgan fingerprint density at radius 1 is 1.05 bits per heavy atom. The van der Waals surface area contributed by atoms with Gasteiger partial charge in [-0.2, -0.15) is 12.6 Å². The normalized spacial score (nSPS) is 12.0. The number of benzene rings is 3. The van der Waals surface area contributed by atoms with Crippen molar-refractivity contribution < 1.29 is 14.7 Å². The van der Waals surface area contributed by atoms with Crippen LogP contribution in [0.15, 0.2) is 60.7 Å². The number of hydrogen-bond donors (Lipinski definition) is 3. The van der Waals surface area contributed by atoms with Crippen molar-refractivity contribution in [2.75, 3.05) is 5.32 Å². The third-order valence-electron chi connectivity index (χ3n) is 6.49. The highest BCUT2D eigenvalue weighted by Gasteiger charge is 2.17. The van der Waals surface area contributed by atoms with Gasteiger partial charge in [-0.3, -0.25) is 4.79 Å². The van der Waals surface area contributed by atoms with E-state index in [1.807, 2.05) is 62.4 Å². The van der Waals surface area contributed by atoms with E-state index in [4.69, 9.17) is 4.98 Å². The van der Waals surface area contributed by atoms with Gasteiger partial charge in [-0.05, 0) is 60.2 Å². The van der Waals surface area contributed by atoms with Crippen LogP contribution in [0.5, 0.6) is 0 Å². The molecule has 4 aromatic rings. The molecule has 0 saturated heterocycles. The molecule has 0 bridgehead atoms. The van der Waals surface area contributed by atoms with Crippen molar-refractivity contribution in [2.24, 2.45) is 0 Å². The predicted molar refractivity (Wildman–Crippen MR) is 153 cm³/mol. The quantitative estimate of drug-likeness (QED) is 0.204. The summed E-state index contributed by atoms with van der Waals surface area (Å²) in [6.45, 7) is 6.81. The average molecular weight is 516 g/mol. The fraction of sp³-hybridized carbons (Fsp3) is 0.300. The van der Waals surface area contributed by atoms with Crippen LogP contribution in [-0.4, -0.2) is 31.8 Å². The van der Waals surface area contributed by atoms with Gasteiger partial charge < -0.3 is 15.0 Å². The Morgan fingerprint density at radius 2 is 1.78 bits per heavy atom. The number of carbonyl (C=O) groups excluding carboxylic acids is 1. The zero-order valence-electron chi connectivity index (χ0n) is 21.5. The number of nitrogens with one attached hydrogen (secondary N) is 1. The van der Waals surface area contributed by atoms with Gasteiger partial charge in [0.1, 0.15) is 5.82 Å². The Morgan fingerprint density at radius 3 is 2.46 bits per heavy atom. The number of fused-ring (bicyclic) bond motifs is 1. The Balaban J connectivity index is 1.68. The van der Waals surface area contributed by atoms with Crippen LogP contribution >= 0.6 is 12.6 Å². The van der Waals surface area contributed by atoms with E-state index in [0.29, 0.717) is 12.1 Å². The number of aryl methyl sites for hydroxylation is 2. The molecule has 3 aromatic carbocycles. The van der Waals surface area contributed by atoms with E-state index in [1.165, 1.54) is 0 Å². The van der Waals surface area contributed by atoms with Crippen molar-refractivity contribution >= 4 is 41.2 Å². The number of aromatic carboxylic acids is 1. The predicted octanol–water partition coefficient (Wildman–Crippen LogP) is 6.75. The minimum atomic E-state index is -0.939. The van der Waals surface area contributed by atoms with Crippen LogP contribution in [0.3, 0.4) is 0 Å². The molecular weight excluding hydrogens is 482 g/mol. The number of carboxylic acids is 1. The number of amides is 1. The summed E-state index contributed by atoms with van der Waals surface area (Å²) in [4.78, 5) is 29.2. The number of carboxylic acid groups (broad SMARTS) is 1. The summed E-state index contributed by atoms with van der Waals surface area (Å²) in [5, 5.41) is 12.2. The van der Waals surface area contributed by atoms with Crippen molar-refractivity contribution in [3.63, 3.8) is 0 Å². The first-order valence-corrected chi connectivity index (χ1v) is 13.2. The van der Waals surface area contributed by atoms with Gasteiger partial charge in [0, 0.05) is 18.7 Å². The fourth-order valence-corrected chi connectivity index (χ4v) is 4.95. The first kappa shape index (κ1) is 26.5. The molecule has 6 nitrogen and oxygen atoms in total. The molecular formula is C30H33N3O3S. The third kappa shape index (κ3) is 5.88. The van der Waals surface area contributed by atoms with Crippen LogP contribution in [0.2, 0.25) is 0 Å². The zero-order valence-corrected chi connectivity index (χ0v) is 22.4. The lowest BCUT2D eigenvalue weighted by Gasteiger charge is -2.13. The van der Waals surface area contributed by atoms with E-state index in [1.54, 1.807) is 12.1 Å². The second kappa shape index (κ2) is 11.6. The molecule has 1 heterocycles. The topological polar surface area (TPSA) is 84.2 Å². The summed E-state index contributed by atoms with van der Waals surface area (Å²) in [5.74, 6) is -0.0330. The van der Waals surface area contributed by atoms with E-state index >= 15 is 0 Å². The number of nitrogens with zero attached hydrogens (tertiary/aromatic N) is 2. The number of carbonyl (C=O) groups is 2. The number of imidazole rings is 1. The lowest BCUT2D eigenvalue weighted by molar-refractivity contribution is -0.115. The molecule has 0 aliphatic carbocycles. The Labute approximate surface area is 223 Å². The minimum absolute atomic E-state index is 0.0963. The van der Waals surface area contributed by atoms with E-state index in [9.17, 15) is 14.7 Å². The molecule has 0 unspecified atom stereocenters. The van der Waals surface area contributed by atoms with Crippen molar-refractivity contribution in [3.8, 4) is 11.1 Å². The van der Waals surface area contributed by atoms with Crippen molar-refractivity contribution in [3.05, 3.63) is 83.2 Å². The van der Waals surface area contributed by atoms with Crippen LogP contribution in [0, 0.1) is 6.92 Å². The lowest BCUT2D eigenvalue weighted by Crippen LogP contribution is -2.23. The zero-order chi connectivity index (χ0) is 26.5. The first-order chi connectivity index (χ1) is 17.8. The molecule has 0 radical (unpaired) electrons. The van der Waals surface area contributed by atoms with Crippen LogP contribution in [0.25, 0.3) is 22.2 Å².